The molecule has 4 rings (SSSR count). The van der Waals surface area contributed by atoms with Crippen molar-refractivity contribution < 1.29 is 4.79 Å². The molecule has 1 unspecified atom stereocenters. The highest BCUT2D eigenvalue weighted by atomic mass is 16.2. The van der Waals surface area contributed by atoms with E-state index in [-0.39, 0.29) is 11.9 Å². The SMILES string of the molecule is CN(C)CC(=O)N1CCc2c([nH]c3ccccc23)C1c1ccccc1. The molecule has 0 saturated carbocycles. The third kappa shape index (κ3) is 2.83. The van der Waals surface area contributed by atoms with Gasteiger partial charge in [0, 0.05) is 23.1 Å². The number of nitrogens with one attached hydrogen (secondary N) is 1. The molecular formula is C21H23N3O. The largest absolute Gasteiger partial charge is 0.356 e. The number of carbonyl (C=O) groups excluding carboxylic acids is 1. The third-order valence-corrected chi connectivity index (χ3v) is 4.92. The highest BCUT2D eigenvalue weighted by Crippen LogP contribution is 2.38. The molecule has 0 bridgehead atoms. The minimum Gasteiger partial charge on any atom is -0.356 e. The van der Waals surface area contributed by atoms with Crippen molar-refractivity contribution in [3.63, 3.8) is 0 Å². The highest BCUT2D eigenvalue weighted by molar-refractivity contribution is 5.87. The molecule has 1 atom stereocenters. The van der Waals surface area contributed by atoms with Gasteiger partial charge in [-0.25, -0.2) is 0 Å². The minimum atomic E-state index is -0.0511. The third-order valence-electron chi connectivity index (χ3n) is 4.92. The van der Waals surface area contributed by atoms with E-state index in [0.717, 1.165) is 29.7 Å². The number of para-hydroxylation sites is 1. The van der Waals surface area contributed by atoms with E-state index in [1.54, 1.807) is 0 Å². The molecule has 4 nitrogen and oxygen atoms in total. The van der Waals surface area contributed by atoms with Gasteiger partial charge in [0.25, 0.3) is 0 Å². The summed E-state index contributed by atoms with van der Waals surface area (Å²) < 4.78 is 0. The summed E-state index contributed by atoms with van der Waals surface area (Å²) >= 11 is 0. The topological polar surface area (TPSA) is 39.3 Å². The van der Waals surface area contributed by atoms with Crippen LogP contribution in [0, 0.1) is 0 Å². The van der Waals surface area contributed by atoms with Crippen LogP contribution >= 0.6 is 0 Å². The Morgan fingerprint density at radius 3 is 2.60 bits per heavy atom. The van der Waals surface area contributed by atoms with Crippen molar-refractivity contribution in [3.05, 3.63) is 71.4 Å². The lowest BCUT2D eigenvalue weighted by molar-refractivity contribution is -0.134. The van der Waals surface area contributed by atoms with Gasteiger partial charge in [-0.2, -0.15) is 0 Å². The molecule has 1 aromatic heterocycles. The molecule has 1 N–H and O–H groups in total. The Morgan fingerprint density at radius 1 is 1.12 bits per heavy atom. The zero-order valence-electron chi connectivity index (χ0n) is 14.7. The van der Waals surface area contributed by atoms with Gasteiger partial charge < -0.3 is 14.8 Å². The Labute approximate surface area is 148 Å². The second-order valence-electron chi connectivity index (χ2n) is 6.95. The minimum absolute atomic E-state index is 0.0511. The lowest BCUT2D eigenvalue weighted by atomic mass is 9.92. The first-order valence-electron chi connectivity index (χ1n) is 8.74. The molecule has 1 aliphatic rings. The molecule has 0 saturated heterocycles. The van der Waals surface area contributed by atoms with E-state index in [9.17, 15) is 4.79 Å². The second kappa shape index (κ2) is 6.37. The number of hydrogen-bond donors (Lipinski definition) is 1. The molecular weight excluding hydrogens is 310 g/mol. The number of aromatic nitrogens is 1. The zero-order valence-corrected chi connectivity index (χ0v) is 14.7. The smallest absolute Gasteiger partial charge is 0.237 e. The maximum absolute atomic E-state index is 12.9. The summed E-state index contributed by atoms with van der Waals surface area (Å²) in [4.78, 5) is 20.4. The zero-order chi connectivity index (χ0) is 17.4. The van der Waals surface area contributed by atoms with Gasteiger partial charge in [-0.1, -0.05) is 48.5 Å². The van der Waals surface area contributed by atoms with Crippen LogP contribution in [0.5, 0.6) is 0 Å². The molecule has 0 fully saturated rings. The summed E-state index contributed by atoms with van der Waals surface area (Å²) in [5.74, 6) is 0.170. The van der Waals surface area contributed by atoms with E-state index >= 15 is 0 Å². The molecule has 4 heteroatoms. The number of hydrogen-bond acceptors (Lipinski definition) is 2. The number of likely N-dealkylation sites (N-methyl/N-ethyl adjacent to an activating group) is 1. The van der Waals surface area contributed by atoms with Gasteiger partial charge in [0.1, 0.15) is 0 Å². The van der Waals surface area contributed by atoms with Crippen molar-refractivity contribution in [2.24, 2.45) is 0 Å². The molecule has 2 heterocycles. The van der Waals surface area contributed by atoms with Crippen LogP contribution in [0.25, 0.3) is 10.9 Å². The predicted molar refractivity (Wildman–Crippen MR) is 101 cm³/mol. The summed E-state index contributed by atoms with van der Waals surface area (Å²) in [7, 11) is 3.88. The number of H-pyrrole nitrogens is 1. The summed E-state index contributed by atoms with van der Waals surface area (Å²) in [5, 5.41) is 1.28. The summed E-state index contributed by atoms with van der Waals surface area (Å²) in [6.45, 7) is 1.18. The molecule has 3 aromatic rings. The van der Waals surface area contributed by atoms with Crippen molar-refractivity contribution in [1.29, 1.82) is 0 Å². The number of benzene rings is 2. The molecule has 1 aliphatic heterocycles. The van der Waals surface area contributed by atoms with E-state index in [4.69, 9.17) is 0 Å². The summed E-state index contributed by atoms with van der Waals surface area (Å²) in [6.07, 6.45) is 0.891. The fraction of sp³-hybridized carbons (Fsp3) is 0.286. The van der Waals surface area contributed by atoms with E-state index in [1.165, 1.54) is 10.9 Å². The number of aromatic amines is 1. The molecule has 0 aliphatic carbocycles. The molecule has 25 heavy (non-hydrogen) atoms. The standard InChI is InChI=1S/C21H23N3O/c1-23(2)14-19(25)24-13-12-17-16-10-6-7-11-18(16)22-20(17)21(24)15-8-4-3-5-9-15/h3-11,21-22H,12-14H2,1-2H3. The van der Waals surface area contributed by atoms with E-state index < -0.39 is 0 Å². The first kappa shape index (κ1) is 15.9. The van der Waals surface area contributed by atoms with Crippen LogP contribution in [0.15, 0.2) is 54.6 Å². The molecule has 0 radical (unpaired) electrons. The lowest BCUT2D eigenvalue weighted by Gasteiger charge is -2.37. The Morgan fingerprint density at radius 2 is 1.84 bits per heavy atom. The van der Waals surface area contributed by atoms with E-state index in [0.29, 0.717) is 6.54 Å². The quantitative estimate of drug-likeness (QED) is 0.799. The second-order valence-corrected chi connectivity index (χ2v) is 6.95. The Kier molecular flexibility index (Phi) is 4.06. The van der Waals surface area contributed by atoms with Gasteiger partial charge in [0.05, 0.1) is 12.6 Å². The van der Waals surface area contributed by atoms with E-state index in [1.807, 2.05) is 42.1 Å². The Bertz CT molecular complexity index is 898. The van der Waals surface area contributed by atoms with Gasteiger partial charge in [0.15, 0.2) is 0 Å². The highest BCUT2D eigenvalue weighted by Gasteiger charge is 2.34. The number of fused-ring (bicyclic) bond motifs is 3. The van der Waals surface area contributed by atoms with Gasteiger partial charge in [0.2, 0.25) is 5.91 Å². The van der Waals surface area contributed by atoms with Crippen molar-refractivity contribution in [3.8, 4) is 0 Å². The normalized spacial score (nSPS) is 17.1. The maximum Gasteiger partial charge on any atom is 0.237 e. The van der Waals surface area contributed by atoms with Crippen LogP contribution < -0.4 is 0 Å². The van der Waals surface area contributed by atoms with Gasteiger partial charge in [-0.05, 0) is 37.7 Å². The van der Waals surface area contributed by atoms with Crippen LogP contribution in [-0.2, 0) is 11.2 Å². The first-order valence-corrected chi connectivity index (χ1v) is 8.74. The number of nitrogens with zero attached hydrogens (tertiary/aromatic N) is 2. The van der Waals surface area contributed by atoms with Crippen molar-refractivity contribution in [2.45, 2.75) is 12.5 Å². The molecule has 0 spiro atoms. The van der Waals surface area contributed by atoms with Crippen LogP contribution in [0.2, 0.25) is 0 Å². The predicted octanol–water partition coefficient (Wildman–Crippen LogP) is 3.20. The summed E-state index contributed by atoms with van der Waals surface area (Å²) in [6, 6.07) is 18.7. The van der Waals surface area contributed by atoms with Gasteiger partial charge in [-0.15, -0.1) is 0 Å². The van der Waals surface area contributed by atoms with Crippen LogP contribution in [0.4, 0.5) is 0 Å². The van der Waals surface area contributed by atoms with Crippen LogP contribution in [0.3, 0.4) is 0 Å². The fourth-order valence-electron chi connectivity index (χ4n) is 3.85. The summed E-state index contributed by atoms with van der Waals surface area (Å²) in [5.41, 5.74) is 4.81. The molecule has 2 aromatic carbocycles. The average molecular weight is 333 g/mol. The van der Waals surface area contributed by atoms with Crippen molar-refractivity contribution in [2.75, 3.05) is 27.2 Å². The molecule has 128 valence electrons. The van der Waals surface area contributed by atoms with Crippen molar-refractivity contribution in [1.82, 2.24) is 14.8 Å². The average Bonchev–Trinajstić information content (AvgIpc) is 2.99. The Balaban J connectivity index is 1.84. The molecule has 1 amide bonds. The van der Waals surface area contributed by atoms with Crippen LogP contribution in [-0.4, -0.2) is 47.9 Å². The Hall–Kier alpha value is -2.59. The maximum atomic E-state index is 12.9. The van der Waals surface area contributed by atoms with E-state index in [2.05, 4.69) is 41.4 Å². The lowest BCUT2D eigenvalue weighted by Crippen LogP contribution is -2.44. The monoisotopic (exact) mass is 333 g/mol. The first-order chi connectivity index (χ1) is 12.1. The van der Waals surface area contributed by atoms with Crippen molar-refractivity contribution >= 4 is 16.8 Å². The number of rotatable bonds is 3. The fourth-order valence-corrected chi connectivity index (χ4v) is 3.85. The van der Waals surface area contributed by atoms with Gasteiger partial charge in [-0.3, -0.25) is 4.79 Å². The number of amides is 1. The van der Waals surface area contributed by atoms with Gasteiger partial charge >= 0.3 is 0 Å². The van der Waals surface area contributed by atoms with Crippen LogP contribution in [0.1, 0.15) is 22.9 Å². The number of carbonyl (C=O) groups is 1.